The highest BCUT2D eigenvalue weighted by atomic mass is 32.2. The van der Waals surface area contributed by atoms with Gasteiger partial charge in [-0.15, -0.1) is 0 Å². The largest absolute Gasteiger partial charge is 0.335 e. The van der Waals surface area contributed by atoms with Crippen LogP contribution in [0.1, 0.15) is 5.69 Å². The van der Waals surface area contributed by atoms with Crippen molar-refractivity contribution in [3.63, 3.8) is 0 Å². The molecule has 0 aliphatic rings. The van der Waals surface area contributed by atoms with Crippen LogP contribution in [-0.2, 0) is 16.6 Å². The molecular formula is C27H23N5O2S. The second kappa shape index (κ2) is 9.52. The number of hydrogen-bond acceptors (Lipinski definition) is 6. The van der Waals surface area contributed by atoms with Gasteiger partial charge in [-0.3, -0.25) is 19.7 Å². The molecule has 0 radical (unpaired) electrons. The van der Waals surface area contributed by atoms with Crippen LogP contribution in [0.2, 0.25) is 0 Å². The van der Waals surface area contributed by atoms with E-state index < -0.39 is 10.0 Å². The molecule has 0 aliphatic heterocycles. The first-order chi connectivity index (χ1) is 17.0. The molecule has 3 aromatic heterocycles. The molecule has 0 atom stereocenters. The number of anilines is 3. The number of rotatable bonds is 7. The first-order valence-electron chi connectivity index (χ1n) is 11.0. The molecule has 174 valence electrons. The molecule has 5 aromatic rings. The monoisotopic (exact) mass is 481 g/mol. The lowest BCUT2D eigenvalue weighted by molar-refractivity contribution is 0.607. The van der Waals surface area contributed by atoms with Crippen LogP contribution < -0.4 is 9.62 Å². The van der Waals surface area contributed by atoms with Crippen LogP contribution in [0.15, 0.2) is 104 Å². The summed E-state index contributed by atoms with van der Waals surface area (Å²) in [7, 11) is -3.40. The van der Waals surface area contributed by atoms with Gasteiger partial charge in [-0.05, 0) is 47.9 Å². The van der Waals surface area contributed by atoms with E-state index in [1.807, 2.05) is 60.8 Å². The number of pyridine rings is 3. The molecule has 35 heavy (non-hydrogen) atoms. The van der Waals surface area contributed by atoms with Gasteiger partial charge >= 0.3 is 0 Å². The van der Waals surface area contributed by atoms with Gasteiger partial charge in [0.1, 0.15) is 0 Å². The predicted octanol–water partition coefficient (Wildman–Crippen LogP) is 5.40. The molecule has 7 nitrogen and oxygen atoms in total. The maximum absolute atomic E-state index is 11.6. The summed E-state index contributed by atoms with van der Waals surface area (Å²) in [4.78, 5) is 15.6. The normalized spacial score (nSPS) is 11.3. The minimum atomic E-state index is -3.40. The molecule has 0 fully saturated rings. The molecule has 3 heterocycles. The van der Waals surface area contributed by atoms with E-state index in [4.69, 9.17) is 4.98 Å². The van der Waals surface area contributed by atoms with Gasteiger partial charge in [-0.2, -0.15) is 0 Å². The zero-order valence-electron chi connectivity index (χ0n) is 19.0. The smallest absolute Gasteiger partial charge is 0.229 e. The maximum atomic E-state index is 11.6. The summed E-state index contributed by atoms with van der Waals surface area (Å²) < 4.78 is 25.7. The highest BCUT2D eigenvalue weighted by Gasteiger charge is 2.15. The third-order valence-corrected chi connectivity index (χ3v) is 6.09. The Labute approximate surface area is 204 Å². The Kier molecular flexibility index (Phi) is 6.12. The number of nitrogens with one attached hydrogen (secondary N) is 1. The second-order valence-electron chi connectivity index (χ2n) is 8.15. The van der Waals surface area contributed by atoms with Crippen LogP contribution in [0.5, 0.6) is 0 Å². The fourth-order valence-corrected chi connectivity index (χ4v) is 4.52. The highest BCUT2D eigenvalue weighted by Crippen LogP contribution is 2.34. The van der Waals surface area contributed by atoms with Crippen molar-refractivity contribution >= 4 is 37.9 Å². The molecule has 0 bridgehead atoms. The van der Waals surface area contributed by atoms with Crippen molar-refractivity contribution in [2.75, 3.05) is 15.9 Å². The lowest BCUT2D eigenvalue weighted by Gasteiger charge is -2.26. The number of sulfonamides is 1. The van der Waals surface area contributed by atoms with Gasteiger partial charge in [0, 0.05) is 35.2 Å². The quantitative estimate of drug-likeness (QED) is 0.335. The van der Waals surface area contributed by atoms with Crippen LogP contribution in [0, 0.1) is 0 Å². The number of fused-ring (bicyclic) bond motifs is 1. The van der Waals surface area contributed by atoms with Crippen molar-refractivity contribution in [1.82, 2.24) is 15.0 Å². The van der Waals surface area contributed by atoms with Crippen LogP contribution >= 0.6 is 0 Å². The summed E-state index contributed by atoms with van der Waals surface area (Å²) in [5, 5.41) is 2.00. The second-order valence-corrected chi connectivity index (χ2v) is 9.90. The van der Waals surface area contributed by atoms with Crippen LogP contribution in [-0.4, -0.2) is 29.6 Å². The average Bonchev–Trinajstić information content (AvgIpc) is 2.87. The molecule has 0 amide bonds. The third-order valence-electron chi connectivity index (χ3n) is 5.48. The van der Waals surface area contributed by atoms with Crippen molar-refractivity contribution in [2.24, 2.45) is 0 Å². The zero-order chi connectivity index (χ0) is 24.3. The van der Waals surface area contributed by atoms with Gasteiger partial charge in [-0.25, -0.2) is 8.42 Å². The SMILES string of the molecule is CS(=O)(=O)Nc1cncc(-c2cc3cccc(N(Cc4ccccn4)c4ccccc4)c3cn2)c1. The summed E-state index contributed by atoms with van der Waals surface area (Å²) in [5.41, 5.74) is 4.85. The van der Waals surface area contributed by atoms with E-state index in [0.29, 0.717) is 17.9 Å². The van der Waals surface area contributed by atoms with Crippen molar-refractivity contribution in [3.8, 4) is 11.3 Å². The van der Waals surface area contributed by atoms with Gasteiger partial charge in [0.05, 0.1) is 41.8 Å². The molecule has 2 aromatic carbocycles. The molecule has 0 saturated heterocycles. The summed E-state index contributed by atoms with van der Waals surface area (Å²) in [6, 6.07) is 26.0. The average molecular weight is 482 g/mol. The van der Waals surface area contributed by atoms with Crippen LogP contribution in [0.4, 0.5) is 17.1 Å². The summed E-state index contributed by atoms with van der Waals surface area (Å²) in [6.07, 6.45) is 7.90. The first kappa shape index (κ1) is 22.5. The number of nitrogens with zero attached hydrogens (tertiary/aromatic N) is 4. The van der Waals surface area contributed by atoms with Gasteiger partial charge in [-0.1, -0.05) is 36.4 Å². The van der Waals surface area contributed by atoms with E-state index in [1.165, 1.54) is 6.20 Å². The van der Waals surface area contributed by atoms with E-state index >= 15 is 0 Å². The van der Waals surface area contributed by atoms with Crippen LogP contribution in [0.3, 0.4) is 0 Å². The molecule has 0 spiro atoms. The Hall–Kier alpha value is -4.30. The highest BCUT2D eigenvalue weighted by molar-refractivity contribution is 7.92. The Morgan fingerprint density at radius 2 is 1.69 bits per heavy atom. The Morgan fingerprint density at radius 3 is 2.46 bits per heavy atom. The number of aromatic nitrogens is 3. The topological polar surface area (TPSA) is 88.1 Å². The molecule has 0 saturated carbocycles. The van der Waals surface area contributed by atoms with E-state index in [1.54, 1.807) is 18.5 Å². The van der Waals surface area contributed by atoms with Crippen molar-refractivity contribution in [3.05, 3.63) is 109 Å². The Morgan fingerprint density at radius 1 is 0.857 bits per heavy atom. The summed E-state index contributed by atoms with van der Waals surface area (Å²) >= 11 is 0. The summed E-state index contributed by atoms with van der Waals surface area (Å²) in [6.45, 7) is 0.606. The fraction of sp³-hybridized carbons (Fsp3) is 0.0741. The minimum absolute atomic E-state index is 0.395. The van der Waals surface area contributed by atoms with E-state index in [9.17, 15) is 8.42 Å². The van der Waals surface area contributed by atoms with Crippen molar-refractivity contribution < 1.29 is 8.42 Å². The first-order valence-corrected chi connectivity index (χ1v) is 12.9. The number of benzene rings is 2. The lowest BCUT2D eigenvalue weighted by atomic mass is 10.1. The van der Waals surface area contributed by atoms with E-state index in [-0.39, 0.29) is 0 Å². The molecular weight excluding hydrogens is 458 g/mol. The maximum Gasteiger partial charge on any atom is 0.229 e. The minimum Gasteiger partial charge on any atom is -0.335 e. The van der Waals surface area contributed by atoms with E-state index in [2.05, 4.69) is 37.8 Å². The van der Waals surface area contributed by atoms with Crippen molar-refractivity contribution in [1.29, 1.82) is 0 Å². The molecule has 5 rings (SSSR count). The third kappa shape index (κ3) is 5.28. The standard InChI is InChI=1S/C27H23N5O2S/c1-35(33,34)31-23-14-21(16-28-17-23)26-15-20-8-7-12-27(25(20)18-30-26)32(24-10-3-2-4-11-24)19-22-9-5-6-13-29-22/h2-18,31H,19H2,1H3. The fourth-order valence-electron chi connectivity index (χ4n) is 3.98. The molecule has 8 heteroatoms. The molecule has 0 unspecified atom stereocenters. The summed E-state index contributed by atoms with van der Waals surface area (Å²) in [5.74, 6) is 0. The van der Waals surface area contributed by atoms with Gasteiger partial charge in [0.15, 0.2) is 0 Å². The number of hydrogen-bond donors (Lipinski definition) is 1. The van der Waals surface area contributed by atoms with Crippen LogP contribution in [0.25, 0.3) is 22.0 Å². The molecule has 0 aliphatic carbocycles. The van der Waals surface area contributed by atoms with Gasteiger partial charge in [0.2, 0.25) is 10.0 Å². The van der Waals surface area contributed by atoms with Gasteiger partial charge in [0.25, 0.3) is 0 Å². The lowest BCUT2D eigenvalue weighted by Crippen LogP contribution is -2.17. The molecule has 1 N–H and O–H groups in total. The predicted molar refractivity (Wildman–Crippen MR) is 140 cm³/mol. The zero-order valence-corrected chi connectivity index (χ0v) is 19.9. The van der Waals surface area contributed by atoms with Gasteiger partial charge < -0.3 is 4.90 Å². The number of para-hydroxylation sites is 1. The Bertz CT molecular complexity index is 1580. The van der Waals surface area contributed by atoms with Crippen molar-refractivity contribution in [2.45, 2.75) is 6.54 Å². The van der Waals surface area contributed by atoms with E-state index in [0.717, 1.165) is 39.7 Å². The Balaban J connectivity index is 1.57.